The number of methoxy groups -OCH3 is 2. The number of ether oxygens (including phenoxy) is 3. The Hall–Kier alpha value is -3.43. The van der Waals surface area contributed by atoms with Crippen LogP contribution in [0.3, 0.4) is 0 Å². The molecule has 0 aliphatic heterocycles. The molecule has 0 unspecified atom stereocenters. The first-order chi connectivity index (χ1) is 18.7. The molecule has 0 saturated heterocycles. The molecule has 0 aliphatic rings. The van der Waals surface area contributed by atoms with Crippen LogP contribution in [0.25, 0.3) is 22.3 Å². The maximum Gasteiger partial charge on any atom is 0.282 e. The van der Waals surface area contributed by atoms with Crippen molar-refractivity contribution in [3.8, 4) is 28.6 Å². The fourth-order valence-electron chi connectivity index (χ4n) is 4.22. The molecule has 9 heteroatoms. The van der Waals surface area contributed by atoms with Crippen molar-refractivity contribution in [1.82, 2.24) is 9.66 Å². The molecule has 0 amide bonds. The van der Waals surface area contributed by atoms with E-state index in [2.05, 4.69) is 57.4 Å². The summed E-state index contributed by atoms with van der Waals surface area (Å²) in [6, 6.07) is 13.0. The molecule has 0 saturated carbocycles. The Morgan fingerprint density at radius 1 is 1.08 bits per heavy atom. The average molecular weight is 655 g/mol. The number of hydrogen-bond donors (Lipinski definition) is 0. The highest BCUT2D eigenvalue weighted by Gasteiger charge is 2.20. The summed E-state index contributed by atoms with van der Waals surface area (Å²) in [5.41, 5.74) is 3.72. The second-order valence-corrected chi connectivity index (χ2v) is 10.7. The van der Waals surface area contributed by atoms with Crippen LogP contribution < -0.4 is 19.8 Å². The van der Waals surface area contributed by atoms with Gasteiger partial charge in [0.05, 0.1) is 35.8 Å². The van der Waals surface area contributed by atoms with E-state index >= 15 is 0 Å². The fraction of sp³-hybridized carbons (Fsp3) is 0.233. The van der Waals surface area contributed by atoms with Gasteiger partial charge in [0, 0.05) is 15.6 Å². The normalized spacial score (nSPS) is 11.4. The fourth-order valence-corrected chi connectivity index (χ4v) is 5.15. The minimum absolute atomic E-state index is 0.200. The molecule has 0 aliphatic carbocycles. The Morgan fingerprint density at radius 3 is 2.46 bits per heavy atom. The van der Waals surface area contributed by atoms with E-state index in [0.29, 0.717) is 49.3 Å². The SMILES string of the molecule is C=CCOc1c(OC)cc(C=Nn2c(-c3cc(C(C)C)c(OC)cc3C)nc3ccccc3c2=O)c(Br)c1Br. The van der Waals surface area contributed by atoms with Gasteiger partial charge in [0.1, 0.15) is 12.4 Å². The molecule has 0 atom stereocenters. The number of rotatable bonds is 9. The van der Waals surface area contributed by atoms with E-state index in [0.717, 1.165) is 22.4 Å². The van der Waals surface area contributed by atoms with Crippen molar-refractivity contribution in [2.24, 2.45) is 5.10 Å². The number of aromatic nitrogens is 2. The smallest absolute Gasteiger partial charge is 0.282 e. The second kappa shape index (κ2) is 12.2. The molecule has 1 heterocycles. The standard InChI is InChI=1S/C30H29Br2N3O4/c1-7-12-39-28-25(38-6)14-19(26(31)27(28)32)16-33-35-29(34-23-11-9-8-10-20(23)30(35)36)22-15-21(17(2)3)24(37-5)13-18(22)4/h7-11,13-17H,1,12H2,2-6H3. The van der Waals surface area contributed by atoms with Crippen LogP contribution in [0.15, 0.2) is 74.0 Å². The summed E-state index contributed by atoms with van der Waals surface area (Å²) in [4.78, 5) is 18.6. The highest BCUT2D eigenvalue weighted by molar-refractivity contribution is 9.13. The van der Waals surface area contributed by atoms with Gasteiger partial charge in [-0.05, 0) is 86.2 Å². The summed E-state index contributed by atoms with van der Waals surface area (Å²) in [7, 11) is 3.22. The molecular formula is C30H29Br2N3O4. The molecule has 4 rings (SSSR count). The quantitative estimate of drug-likeness (QED) is 0.138. The highest BCUT2D eigenvalue weighted by atomic mass is 79.9. The molecule has 0 bridgehead atoms. The van der Waals surface area contributed by atoms with Gasteiger partial charge in [-0.1, -0.05) is 38.6 Å². The summed E-state index contributed by atoms with van der Waals surface area (Å²) < 4.78 is 19.6. The Kier molecular flexibility index (Phi) is 8.92. The lowest BCUT2D eigenvalue weighted by Crippen LogP contribution is -2.21. The first kappa shape index (κ1) is 28.6. The third-order valence-corrected chi connectivity index (χ3v) is 8.37. The number of nitrogens with zero attached hydrogens (tertiary/aromatic N) is 3. The van der Waals surface area contributed by atoms with E-state index in [1.165, 1.54) is 4.68 Å². The first-order valence-electron chi connectivity index (χ1n) is 12.3. The van der Waals surface area contributed by atoms with Crippen molar-refractivity contribution in [2.45, 2.75) is 26.7 Å². The van der Waals surface area contributed by atoms with E-state index in [4.69, 9.17) is 19.2 Å². The molecule has 0 N–H and O–H groups in total. The lowest BCUT2D eigenvalue weighted by Gasteiger charge is -2.17. The topological polar surface area (TPSA) is 74.9 Å². The average Bonchev–Trinajstić information content (AvgIpc) is 2.93. The molecule has 39 heavy (non-hydrogen) atoms. The zero-order valence-electron chi connectivity index (χ0n) is 22.4. The Labute approximate surface area is 244 Å². The van der Waals surface area contributed by atoms with Crippen molar-refractivity contribution in [2.75, 3.05) is 20.8 Å². The van der Waals surface area contributed by atoms with Crippen LogP contribution in [-0.2, 0) is 0 Å². The predicted octanol–water partition coefficient (Wildman–Crippen LogP) is 7.48. The summed E-state index contributed by atoms with van der Waals surface area (Å²) in [6.45, 7) is 10.2. The van der Waals surface area contributed by atoms with Crippen molar-refractivity contribution in [1.29, 1.82) is 0 Å². The van der Waals surface area contributed by atoms with Crippen molar-refractivity contribution in [3.63, 3.8) is 0 Å². The minimum Gasteiger partial charge on any atom is -0.496 e. The van der Waals surface area contributed by atoms with E-state index in [-0.39, 0.29) is 11.5 Å². The van der Waals surface area contributed by atoms with Crippen LogP contribution in [0.4, 0.5) is 0 Å². The molecule has 0 spiro atoms. The summed E-state index contributed by atoms with van der Waals surface area (Å²) >= 11 is 7.20. The van der Waals surface area contributed by atoms with Crippen LogP contribution >= 0.6 is 31.9 Å². The zero-order chi connectivity index (χ0) is 28.3. The van der Waals surface area contributed by atoms with Crippen LogP contribution in [0.1, 0.15) is 36.5 Å². The second-order valence-electron chi connectivity index (χ2n) is 9.10. The maximum absolute atomic E-state index is 13.8. The number of hydrogen-bond acceptors (Lipinski definition) is 6. The molecule has 4 aromatic rings. The van der Waals surface area contributed by atoms with Crippen molar-refractivity contribution < 1.29 is 14.2 Å². The van der Waals surface area contributed by atoms with E-state index in [9.17, 15) is 4.79 Å². The van der Waals surface area contributed by atoms with Crippen LogP contribution in [0, 0.1) is 6.92 Å². The van der Waals surface area contributed by atoms with Gasteiger partial charge in [-0.25, -0.2) is 4.98 Å². The van der Waals surface area contributed by atoms with Gasteiger partial charge in [-0.15, -0.1) is 0 Å². The zero-order valence-corrected chi connectivity index (χ0v) is 25.6. The first-order valence-corrected chi connectivity index (χ1v) is 13.8. The number of fused-ring (bicyclic) bond motifs is 1. The largest absolute Gasteiger partial charge is 0.496 e. The van der Waals surface area contributed by atoms with E-state index < -0.39 is 0 Å². The number of halogens is 2. The molecule has 3 aromatic carbocycles. The number of para-hydroxylation sites is 1. The molecule has 7 nitrogen and oxygen atoms in total. The van der Waals surface area contributed by atoms with Gasteiger partial charge >= 0.3 is 0 Å². The van der Waals surface area contributed by atoms with Gasteiger partial charge in [-0.3, -0.25) is 4.79 Å². The lowest BCUT2D eigenvalue weighted by atomic mass is 9.96. The van der Waals surface area contributed by atoms with Crippen LogP contribution in [-0.4, -0.2) is 36.7 Å². The molecule has 0 radical (unpaired) electrons. The van der Waals surface area contributed by atoms with Crippen LogP contribution in [0.2, 0.25) is 0 Å². The predicted molar refractivity (Wildman–Crippen MR) is 164 cm³/mol. The molecule has 0 fully saturated rings. The third-order valence-electron chi connectivity index (χ3n) is 6.23. The van der Waals surface area contributed by atoms with E-state index in [1.807, 2.05) is 37.3 Å². The van der Waals surface area contributed by atoms with Gasteiger partial charge < -0.3 is 14.2 Å². The molecule has 1 aromatic heterocycles. The summed E-state index contributed by atoms with van der Waals surface area (Å²) in [5.74, 6) is 2.46. The summed E-state index contributed by atoms with van der Waals surface area (Å²) in [6.07, 6.45) is 3.25. The monoisotopic (exact) mass is 653 g/mol. The molecular weight excluding hydrogens is 626 g/mol. The van der Waals surface area contributed by atoms with Crippen molar-refractivity contribution in [3.05, 3.63) is 91.1 Å². The minimum atomic E-state index is -0.277. The third kappa shape index (κ3) is 5.65. The van der Waals surface area contributed by atoms with Gasteiger partial charge in [-0.2, -0.15) is 9.78 Å². The maximum atomic E-state index is 13.8. The van der Waals surface area contributed by atoms with Crippen molar-refractivity contribution >= 4 is 49.0 Å². The van der Waals surface area contributed by atoms with E-state index in [1.54, 1.807) is 38.6 Å². The highest BCUT2D eigenvalue weighted by Crippen LogP contribution is 2.42. The Balaban J connectivity index is 1.96. The van der Waals surface area contributed by atoms with Gasteiger partial charge in [0.2, 0.25) is 0 Å². The van der Waals surface area contributed by atoms with Gasteiger partial charge in [0.25, 0.3) is 5.56 Å². The lowest BCUT2D eigenvalue weighted by molar-refractivity contribution is 0.324. The number of benzene rings is 3. The Bertz CT molecular complexity index is 1640. The molecule has 202 valence electrons. The Morgan fingerprint density at radius 2 is 1.79 bits per heavy atom. The van der Waals surface area contributed by atoms with Crippen LogP contribution in [0.5, 0.6) is 17.2 Å². The summed E-state index contributed by atoms with van der Waals surface area (Å²) in [5, 5.41) is 5.12. The number of aryl methyl sites for hydroxylation is 1. The van der Waals surface area contributed by atoms with Gasteiger partial charge in [0.15, 0.2) is 17.3 Å².